The summed E-state index contributed by atoms with van der Waals surface area (Å²) in [5, 5.41) is 8.30. The van der Waals surface area contributed by atoms with Crippen LogP contribution in [-0.4, -0.2) is 0 Å². The van der Waals surface area contributed by atoms with Crippen LogP contribution in [0.5, 0.6) is 0 Å². The molecule has 0 heterocycles. The van der Waals surface area contributed by atoms with E-state index in [0.29, 0.717) is 0 Å². The molecular weight excluding hydrogens is 98.1 g/mol. The lowest BCUT2D eigenvalue weighted by Gasteiger charge is -1.94. The lowest BCUT2D eigenvalue weighted by atomic mass is 10.1. The summed E-state index contributed by atoms with van der Waals surface area (Å²) in [6.07, 6.45) is 3.68. The molecule has 0 saturated heterocycles. The second-order valence-electron chi connectivity index (χ2n) is 2.51. The van der Waals surface area contributed by atoms with E-state index < -0.39 is 0 Å². The standard InChI is InChI=1S/C7H10N/c1-6(5-8)4-7-2-3-7/h6-7H,1-4H2. The molecule has 0 amide bonds. The molecule has 0 aliphatic heterocycles. The molecule has 0 spiro atoms. The number of hydrogen-bond acceptors (Lipinski definition) is 1. The van der Waals surface area contributed by atoms with Gasteiger partial charge in [0.2, 0.25) is 0 Å². The second-order valence-corrected chi connectivity index (χ2v) is 2.51. The van der Waals surface area contributed by atoms with Gasteiger partial charge in [0.15, 0.2) is 0 Å². The van der Waals surface area contributed by atoms with Crippen molar-refractivity contribution in [3.8, 4) is 6.07 Å². The van der Waals surface area contributed by atoms with E-state index in [-0.39, 0.29) is 5.92 Å². The Morgan fingerprint density at radius 1 is 1.75 bits per heavy atom. The van der Waals surface area contributed by atoms with Crippen molar-refractivity contribution in [2.75, 3.05) is 0 Å². The van der Waals surface area contributed by atoms with Crippen molar-refractivity contribution >= 4 is 0 Å². The first-order valence-electron chi connectivity index (χ1n) is 3.05. The van der Waals surface area contributed by atoms with Crippen LogP contribution >= 0.6 is 0 Å². The van der Waals surface area contributed by atoms with Crippen LogP contribution < -0.4 is 0 Å². The first-order valence-corrected chi connectivity index (χ1v) is 3.05. The normalized spacial score (nSPS) is 22.0. The molecule has 0 aromatic rings. The molecule has 0 aromatic carbocycles. The van der Waals surface area contributed by atoms with E-state index in [2.05, 4.69) is 13.0 Å². The molecule has 1 aliphatic carbocycles. The van der Waals surface area contributed by atoms with Crippen LogP contribution in [0.1, 0.15) is 19.3 Å². The highest BCUT2D eigenvalue weighted by atomic mass is 14.3. The Bertz CT molecular complexity index is 108. The maximum atomic E-state index is 8.30. The lowest BCUT2D eigenvalue weighted by molar-refractivity contribution is 0.645. The van der Waals surface area contributed by atoms with E-state index in [4.69, 9.17) is 5.26 Å². The van der Waals surface area contributed by atoms with Crippen molar-refractivity contribution in [3.05, 3.63) is 6.92 Å². The molecular formula is C7H10N. The fourth-order valence-electron chi connectivity index (χ4n) is 0.809. The van der Waals surface area contributed by atoms with Gasteiger partial charge in [-0.1, -0.05) is 12.8 Å². The predicted molar refractivity (Wildman–Crippen MR) is 31.8 cm³/mol. The maximum Gasteiger partial charge on any atom is 0.0655 e. The van der Waals surface area contributed by atoms with Crippen molar-refractivity contribution in [2.24, 2.45) is 11.8 Å². The average Bonchev–Trinajstić information content (AvgIpc) is 2.50. The molecule has 43 valence electrons. The molecule has 1 unspecified atom stereocenters. The largest absolute Gasteiger partial charge is 0.198 e. The molecule has 1 nitrogen and oxygen atoms in total. The fraction of sp³-hybridized carbons (Fsp3) is 0.714. The summed E-state index contributed by atoms with van der Waals surface area (Å²) in [7, 11) is 0. The summed E-state index contributed by atoms with van der Waals surface area (Å²) in [6.45, 7) is 3.68. The lowest BCUT2D eigenvalue weighted by Crippen LogP contribution is -1.90. The smallest absolute Gasteiger partial charge is 0.0655 e. The van der Waals surface area contributed by atoms with Gasteiger partial charge < -0.3 is 0 Å². The molecule has 1 atom stereocenters. The maximum absolute atomic E-state index is 8.30. The van der Waals surface area contributed by atoms with Crippen LogP contribution in [-0.2, 0) is 0 Å². The minimum Gasteiger partial charge on any atom is -0.198 e. The minimum absolute atomic E-state index is 0.0440. The van der Waals surface area contributed by atoms with Gasteiger partial charge in [-0.25, -0.2) is 0 Å². The zero-order valence-corrected chi connectivity index (χ0v) is 4.93. The van der Waals surface area contributed by atoms with Crippen LogP contribution in [0.15, 0.2) is 0 Å². The molecule has 1 aliphatic rings. The molecule has 0 aromatic heterocycles. The topological polar surface area (TPSA) is 23.8 Å². The van der Waals surface area contributed by atoms with Gasteiger partial charge in [0.1, 0.15) is 0 Å². The molecule has 1 fully saturated rings. The van der Waals surface area contributed by atoms with Gasteiger partial charge >= 0.3 is 0 Å². The van der Waals surface area contributed by atoms with Gasteiger partial charge in [0.05, 0.1) is 6.07 Å². The summed E-state index contributed by atoms with van der Waals surface area (Å²) in [5.74, 6) is 0.889. The van der Waals surface area contributed by atoms with Gasteiger partial charge in [-0.3, -0.25) is 0 Å². The first-order chi connectivity index (χ1) is 3.83. The van der Waals surface area contributed by atoms with Crippen molar-refractivity contribution in [3.63, 3.8) is 0 Å². The van der Waals surface area contributed by atoms with Gasteiger partial charge in [-0.15, -0.1) is 0 Å². The molecule has 1 rings (SSSR count). The van der Waals surface area contributed by atoms with Gasteiger partial charge in [0, 0.05) is 5.92 Å². The van der Waals surface area contributed by atoms with E-state index in [1.165, 1.54) is 12.8 Å². The van der Waals surface area contributed by atoms with Crippen molar-refractivity contribution < 1.29 is 0 Å². The zero-order chi connectivity index (χ0) is 5.98. The van der Waals surface area contributed by atoms with Crippen molar-refractivity contribution in [1.29, 1.82) is 5.26 Å². The second kappa shape index (κ2) is 2.17. The SMILES string of the molecule is [CH2]C(C#N)CC1CC1. The van der Waals surface area contributed by atoms with Crippen molar-refractivity contribution in [2.45, 2.75) is 19.3 Å². The van der Waals surface area contributed by atoms with Gasteiger partial charge in [-0.2, -0.15) is 5.26 Å². The molecule has 1 heteroatoms. The number of nitriles is 1. The summed E-state index contributed by atoms with van der Waals surface area (Å²) < 4.78 is 0. The highest BCUT2D eigenvalue weighted by Gasteiger charge is 2.23. The Balaban J connectivity index is 2.09. The first kappa shape index (κ1) is 5.62. The van der Waals surface area contributed by atoms with Crippen LogP contribution in [0.2, 0.25) is 0 Å². The predicted octanol–water partition coefficient (Wildman–Crippen LogP) is 1.76. The van der Waals surface area contributed by atoms with Crippen LogP contribution in [0.3, 0.4) is 0 Å². The van der Waals surface area contributed by atoms with E-state index in [0.717, 1.165) is 12.3 Å². The van der Waals surface area contributed by atoms with E-state index in [9.17, 15) is 0 Å². The molecule has 0 N–H and O–H groups in total. The zero-order valence-electron chi connectivity index (χ0n) is 4.93. The van der Waals surface area contributed by atoms with E-state index >= 15 is 0 Å². The third kappa shape index (κ3) is 1.54. The molecule has 0 bridgehead atoms. The molecule has 1 saturated carbocycles. The summed E-state index contributed by atoms with van der Waals surface area (Å²) in [4.78, 5) is 0. The van der Waals surface area contributed by atoms with Crippen molar-refractivity contribution in [1.82, 2.24) is 0 Å². The fourth-order valence-corrected chi connectivity index (χ4v) is 0.809. The summed E-state index contributed by atoms with van der Waals surface area (Å²) in [5.41, 5.74) is 0. The number of nitrogens with zero attached hydrogens (tertiary/aromatic N) is 1. The Morgan fingerprint density at radius 3 is 2.75 bits per heavy atom. The Morgan fingerprint density at radius 2 is 2.38 bits per heavy atom. The minimum atomic E-state index is 0.0440. The Kier molecular flexibility index (Phi) is 1.53. The summed E-state index contributed by atoms with van der Waals surface area (Å²) >= 11 is 0. The molecule has 8 heavy (non-hydrogen) atoms. The number of hydrogen-bond donors (Lipinski definition) is 0. The van der Waals surface area contributed by atoms with Crippen LogP contribution in [0.4, 0.5) is 0 Å². The average molecular weight is 108 g/mol. The Hall–Kier alpha value is -0.510. The van der Waals surface area contributed by atoms with E-state index in [1.807, 2.05) is 0 Å². The highest BCUT2D eigenvalue weighted by molar-refractivity contribution is 4.89. The highest BCUT2D eigenvalue weighted by Crippen LogP contribution is 2.34. The van der Waals surface area contributed by atoms with E-state index in [1.54, 1.807) is 0 Å². The third-order valence-corrected chi connectivity index (χ3v) is 1.50. The Labute approximate surface area is 50.3 Å². The number of rotatable bonds is 2. The third-order valence-electron chi connectivity index (χ3n) is 1.50. The van der Waals surface area contributed by atoms with Gasteiger partial charge in [-0.05, 0) is 19.3 Å². The van der Waals surface area contributed by atoms with Crippen LogP contribution in [0.25, 0.3) is 0 Å². The van der Waals surface area contributed by atoms with Gasteiger partial charge in [0.25, 0.3) is 0 Å². The summed E-state index contributed by atoms with van der Waals surface area (Å²) in [6, 6.07) is 2.13. The monoisotopic (exact) mass is 108 g/mol. The molecule has 1 radical (unpaired) electrons. The van der Waals surface area contributed by atoms with Crippen LogP contribution in [0, 0.1) is 30.1 Å². The quantitative estimate of drug-likeness (QED) is 0.528.